The maximum Gasteiger partial charge on any atom is 0.317 e. The molecule has 0 radical (unpaired) electrons. The van der Waals surface area contributed by atoms with Crippen LogP contribution in [0.2, 0.25) is 0 Å². The highest BCUT2D eigenvalue weighted by Gasteiger charge is 2.21. The van der Waals surface area contributed by atoms with E-state index in [1.807, 2.05) is 13.8 Å². The standard InChI is InChI=1S/C8H17N3O2/c1-5(2)6(7(9)12)10-8(13)11(3)4/h5-6H,1-4H3,(H2,9,12)(H,10,13)/t6-/m0/s1. The van der Waals surface area contributed by atoms with Crippen molar-refractivity contribution < 1.29 is 9.59 Å². The molecule has 0 aliphatic rings. The van der Waals surface area contributed by atoms with E-state index < -0.39 is 11.9 Å². The fourth-order valence-electron chi connectivity index (χ4n) is 0.828. The Morgan fingerprint density at radius 3 is 2.00 bits per heavy atom. The molecule has 13 heavy (non-hydrogen) atoms. The van der Waals surface area contributed by atoms with Gasteiger partial charge in [0.1, 0.15) is 6.04 Å². The molecule has 0 aromatic rings. The molecule has 0 aromatic heterocycles. The van der Waals surface area contributed by atoms with Crippen LogP contribution in [0, 0.1) is 5.92 Å². The first kappa shape index (κ1) is 11.7. The van der Waals surface area contributed by atoms with Gasteiger partial charge in [-0.05, 0) is 5.92 Å². The normalized spacial score (nSPS) is 12.4. The van der Waals surface area contributed by atoms with Crippen molar-refractivity contribution in [2.45, 2.75) is 19.9 Å². The summed E-state index contributed by atoms with van der Waals surface area (Å²) in [5.41, 5.74) is 5.11. The molecule has 0 spiro atoms. The maximum atomic E-state index is 11.2. The van der Waals surface area contributed by atoms with Crippen LogP contribution in [-0.2, 0) is 4.79 Å². The average Bonchev–Trinajstić information content (AvgIpc) is 1.97. The summed E-state index contributed by atoms with van der Waals surface area (Å²) in [6.45, 7) is 3.65. The van der Waals surface area contributed by atoms with Crippen molar-refractivity contribution in [2.24, 2.45) is 11.7 Å². The molecule has 0 rings (SSSR count). The molecule has 5 heteroatoms. The molecule has 0 saturated heterocycles. The third kappa shape index (κ3) is 3.78. The third-order valence-electron chi connectivity index (χ3n) is 1.66. The number of hydrogen-bond acceptors (Lipinski definition) is 2. The Balaban J connectivity index is 4.27. The van der Waals surface area contributed by atoms with Crippen molar-refractivity contribution in [3.05, 3.63) is 0 Å². The lowest BCUT2D eigenvalue weighted by Gasteiger charge is -2.21. The Morgan fingerprint density at radius 2 is 1.77 bits per heavy atom. The Bertz CT molecular complexity index is 202. The van der Waals surface area contributed by atoms with Crippen LogP contribution in [0.25, 0.3) is 0 Å². The van der Waals surface area contributed by atoms with Gasteiger partial charge in [0.2, 0.25) is 5.91 Å². The van der Waals surface area contributed by atoms with Crippen LogP contribution in [0.3, 0.4) is 0 Å². The number of urea groups is 1. The predicted octanol–water partition coefficient (Wildman–Crippen LogP) is -0.232. The van der Waals surface area contributed by atoms with Crippen LogP contribution in [0.15, 0.2) is 0 Å². The lowest BCUT2D eigenvalue weighted by atomic mass is 10.0. The minimum absolute atomic E-state index is 0.00130. The SMILES string of the molecule is CC(C)[C@H](NC(=O)N(C)C)C(N)=O. The van der Waals surface area contributed by atoms with Gasteiger partial charge in [-0.15, -0.1) is 0 Å². The molecule has 3 amide bonds. The number of hydrogen-bond donors (Lipinski definition) is 2. The summed E-state index contributed by atoms with van der Waals surface area (Å²) in [6.07, 6.45) is 0. The monoisotopic (exact) mass is 187 g/mol. The Kier molecular flexibility index (Phi) is 4.23. The van der Waals surface area contributed by atoms with Gasteiger partial charge in [-0.3, -0.25) is 4.79 Å². The second-order valence-electron chi connectivity index (χ2n) is 3.47. The molecule has 3 N–H and O–H groups in total. The molecule has 0 heterocycles. The van der Waals surface area contributed by atoms with Gasteiger partial charge in [0, 0.05) is 14.1 Å². The van der Waals surface area contributed by atoms with Gasteiger partial charge < -0.3 is 16.0 Å². The van der Waals surface area contributed by atoms with Crippen LogP contribution in [0.4, 0.5) is 4.79 Å². The molecule has 0 aliphatic heterocycles. The van der Waals surface area contributed by atoms with E-state index in [1.165, 1.54) is 4.90 Å². The Labute approximate surface area is 78.3 Å². The number of amides is 3. The number of nitrogens with zero attached hydrogens (tertiary/aromatic N) is 1. The average molecular weight is 187 g/mol. The van der Waals surface area contributed by atoms with E-state index in [0.29, 0.717) is 0 Å². The van der Waals surface area contributed by atoms with Gasteiger partial charge in [0.25, 0.3) is 0 Å². The Hall–Kier alpha value is -1.26. The minimum atomic E-state index is -0.602. The number of nitrogens with one attached hydrogen (secondary N) is 1. The zero-order valence-electron chi connectivity index (χ0n) is 8.50. The fraction of sp³-hybridized carbons (Fsp3) is 0.750. The largest absolute Gasteiger partial charge is 0.368 e. The topological polar surface area (TPSA) is 75.4 Å². The molecule has 0 fully saturated rings. The van der Waals surface area contributed by atoms with Crippen LogP contribution < -0.4 is 11.1 Å². The van der Waals surface area contributed by atoms with Crippen molar-refractivity contribution in [3.63, 3.8) is 0 Å². The van der Waals surface area contributed by atoms with Crippen LogP contribution >= 0.6 is 0 Å². The van der Waals surface area contributed by atoms with Gasteiger partial charge in [0.05, 0.1) is 0 Å². The molecule has 0 unspecified atom stereocenters. The molecular weight excluding hydrogens is 170 g/mol. The van der Waals surface area contributed by atoms with Crippen molar-refractivity contribution in [1.29, 1.82) is 0 Å². The summed E-state index contributed by atoms with van der Waals surface area (Å²) in [5, 5.41) is 2.53. The zero-order chi connectivity index (χ0) is 10.6. The van der Waals surface area contributed by atoms with Gasteiger partial charge in [-0.1, -0.05) is 13.8 Å². The van der Waals surface area contributed by atoms with E-state index in [0.717, 1.165) is 0 Å². The molecule has 5 nitrogen and oxygen atoms in total. The van der Waals surface area contributed by atoms with Crippen LogP contribution in [0.1, 0.15) is 13.8 Å². The van der Waals surface area contributed by atoms with Crippen LogP contribution in [0.5, 0.6) is 0 Å². The molecule has 0 bridgehead atoms. The van der Waals surface area contributed by atoms with E-state index in [4.69, 9.17) is 5.73 Å². The molecule has 0 aromatic carbocycles. The summed E-state index contributed by atoms with van der Waals surface area (Å²) in [5.74, 6) is -0.508. The zero-order valence-corrected chi connectivity index (χ0v) is 8.50. The Morgan fingerprint density at radius 1 is 1.31 bits per heavy atom. The van der Waals surface area contributed by atoms with Crippen molar-refractivity contribution in [1.82, 2.24) is 10.2 Å². The second kappa shape index (κ2) is 4.69. The van der Waals surface area contributed by atoms with E-state index in [1.54, 1.807) is 14.1 Å². The predicted molar refractivity (Wildman–Crippen MR) is 50.0 cm³/mol. The molecule has 0 saturated carbocycles. The lowest BCUT2D eigenvalue weighted by molar-refractivity contribution is -0.120. The first-order valence-corrected chi connectivity index (χ1v) is 4.13. The van der Waals surface area contributed by atoms with Crippen molar-refractivity contribution in [2.75, 3.05) is 14.1 Å². The minimum Gasteiger partial charge on any atom is -0.368 e. The van der Waals surface area contributed by atoms with Gasteiger partial charge in [-0.2, -0.15) is 0 Å². The smallest absolute Gasteiger partial charge is 0.317 e. The molecular formula is C8H17N3O2. The van der Waals surface area contributed by atoms with Crippen molar-refractivity contribution >= 4 is 11.9 Å². The van der Waals surface area contributed by atoms with Crippen LogP contribution in [-0.4, -0.2) is 37.0 Å². The van der Waals surface area contributed by atoms with Crippen molar-refractivity contribution in [3.8, 4) is 0 Å². The fourth-order valence-corrected chi connectivity index (χ4v) is 0.828. The number of rotatable bonds is 3. The van der Waals surface area contributed by atoms with Gasteiger partial charge in [0.15, 0.2) is 0 Å². The summed E-state index contributed by atoms with van der Waals surface area (Å²) in [6, 6.07) is -0.910. The second-order valence-corrected chi connectivity index (χ2v) is 3.47. The lowest BCUT2D eigenvalue weighted by Crippen LogP contribution is -2.50. The van der Waals surface area contributed by atoms with E-state index in [9.17, 15) is 9.59 Å². The van der Waals surface area contributed by atoms with E-state index >= 15 is 0 Å². The third-order valence-corrected chi connectivity index (χ3v) is 1.66. The highest BCUT2D eigenvalue weighted by molar-refractivity contribution is 5.85. The highest BCUT2D eigenvalue weighted by Crippen LogP contribution is 2.00. The first-order valence-electron chi connectivity index (χ1n) is 4.13. The molecule has 76 valence electrons. The van der Waals surface area contributed by atoms with Gasteiger partial charge >= 0.3 is 6.03 Å². The quantitative estimate of drug-likeness (QED) is 0.640. The number of nitrogens with two attached hydrogens (primary N) is 1. The molecule has 0 aliphatic carbocycles. The van der Waals surface area contributed by atoms with Gasteiger partial charge in [-0.25, -0.2) is 4.79 Å². The summed E-state index contributed by atoms with van der Waals surface area (Å²) in [4.78, 5) is 23.4. The summed E-state index contributed by atoms with van der Waals surface area (Å²) >= 11 is 0. The number of carbonyl (C=O) groups excluding carboxylic acids is 2. The maximum absolute atomic E-state index is 11.2. The summed E-state index contributed by atoms with van der Waals surface area (Å²) < 4.78 is 0. The number of carbonyl (C=O) groups is 2. The molecule has 1 atom stereocenters. The summed E-state index contributed by atoms with van der Waals surface area (Å²) in [7, 11) is 3.21. The first-order chi connectivity index (χ1) is 5.86. The number of primary amides is 1. The van der Waals surface area contributed by atoms with E-state index in [-0.39, 0.29) is 11.9 Å². The van der Waals surface area contributed by atoms with E-state index in [2.05, 4.69) is 5.32 Å². The highest BCUT2D eigenvalue weighted by atomic mass is 16.2.